The summed E-state index contributed by atoms with van der Waals surface area (Å²) in [6, 6.07) is 25.3. The van der Waals surface area contributed by atoms with Gasteiger partial charge in [-0.1, -0.05) is 89.1 Å². The second-order valence-corrected chi connectivity index (χ2v) is 31.0. The number of hydrogen-bond acceptors (Lipinski definition) is 9. The van der Waals surface area contributed by atoms with Gasteiger partial charge in [0.15, 0.2) is 33.8 Å². The predicted molar refractivity (Wildman–Crippen MR) is 286 cm³/mol. The van der Waals surface area contributed by atoms with Crippen LogP contribution >= 0.6 is 0 Å². The molecule has 0 spiro atoms. The molecule has 14 heteroatoms. The van der Waals surface area contributed by atoms with Crippen LogP contribution in [0.4, 0.5) is 11.4 Å². The van der Waals surface area contributed by atoms with Gasteiger partial charge in [0, 0.05) is 11.1 Å². The largest absolute Gasteiger partial charge is 0.420 e. The van der Waals surface area contributed by atoms with Gasteiger partial charge in [0.1, 0.15) is 0 Å². The van der Waals surface area contributed by atoms with Crippen LogP contribution in [0.1, 0.15) is 122 Å². The van der Waals surface area contributed by atoms with Crippen molar-refractivity contribution in [3.8, 4) is 23.6 Å². The summed E-state index contributed by atoms with van der Waals surface area (Å²) in [5, 5.41) is 29.7. The summed E-state index contributed by atoms with van der Waals surface area (Å²) in [5.41, 5.74) is 9.69. The van der Waals surface area contributed by atoms with Gasteiger partial charge < -0.3 is 18.6 Å². The predicted octanol–water partition coefficient (Wildman–Crippen LogP) is 13.8. The fourth-order valence-corrected chi connectivity index (χ4v) is 10.5. The third-order valence-electron chi connectivity index (χ3n) is 14.7. The first-order chi connectivity index (χ1) is 33.1. The Morgan fingerprint density at radius 3 is 1.58 bits per heavy atom. The fourth-order valence-electron chi connectivity index (χ4n) is 7.58. The van der Waals surface area contributed by atoms with E-state index >= 15 is 0 Å². The lowest BCUT2D eigenvalue weighted by Gasteiger charge is -2.40. The molecule has 4 aromatic carbocycles. The number of nitriles is 2. The molecule has 1 amide bonds. The molecule has 372 valence electrons. The number of rotatable bonds is 16. The quantitative estimate of drug-likeness (QED) is 0.0576. The highest BCUT2D eigenvalue weighted by molar-refractivity contribution is 6.74. The minimum atomic E-state index is -2.15. The number of nitrogens with zero attached hydrogens (tertiary/aromatic N) is 6. The standard InChI is InChI=1S/C29H37N3O3Si.C28H34N4O2Si/c1-19-20(2)26(31-7)15-14-24(19)16-25(21(3)35-36(8,9)29(4,5)6)28(34)32-18-27(33)23-12-10-22(17-30)11-13-23;1-18-19(2)25(30-7)15-14-23(18)16-24(20(3)34-35(8,9)28(4,5)6)27-32-31-26(33-27)22-12-10-21(17-29)11-13-22/h10-15,21,25H,16,18H2,1-6,8-9H3,(H,32,34);10-15,20,24H,16H2,1-6,8-9H3/t21-,25+;20-,24+/m00/s1. The Labute approximate surface area is 424 Å². The van der Waals surface area contributed by atoms with E-state index < -0.39 is 22.6 Å². The second-order valence-electron chi connectivity index (χ2n) is 21.5. The van der Waals surface area contributed by atoms with E-state index in [1.165, 1.54) is 0 Å². The molecule has 0 aliphatic heterocycles. The number of ketones is 1. The molecule has 0 fully saturated rings. The smallest absolute Gasteiger partial charge is 0.247 e. The van der Waals surface area contributed by atoms with Gasteiger partial charge in [-0.2, -0.15) is 10.5 Å². The molecule has 1 heterocycles. The number of Topliss-reactive ketones (excluding diaryl/α,β-unsaturated/α-hetero) is 1. The topological polar surface area (TPSA) is 160 Å². The molecule has 0 aliphatic carbocycles. The number of carbonyl (C=O) groups excluding carboxylic acids is 2. The maximum Gasteiger partial charge on any atom is 0.247 e. The third-order valence-corrected chi connectivity index (χ3v) is 23.8. The Morgan fingerprint density at radius 2 is 1.13 bits per heavy atom. The van der Waals surface area contributed by atoms with Crippen molar-refractivity contribution in [3.05, 3.63) is 152 Å². The highest BCUT2D eigenvalue weighted by Crippen LogP contribution is 2.41. The van der Waals surface area contributed by atoms with E-state index in [2.05, 4.69) is 113 Å². The molecule has 4 atom stereocenters. The zero-order valence-corrected chi connectivity index (χ0v) is 46.6. The average Bonchev–Trinajstić information content (AvgIpc) is 3.81. The molecular formula is C57H71N7O5Si2. The number of amides is 1. The van der Waals surface area contributed by atoms with Gasteiger partial charge in [0.25, 0.3) is 0 Å². The Morgan fingerprint density at radius 1 is 0.676 bits per heavy atom. The summed E-state index contributed by atoms with van der Waals surface area (Å²) in [5.74, 6) is -0.176. The zero-order chi connectivity index (χ0) is 53.2. The van der Waals surface area contributed by atoms with Crippen LogP contribution in [0.25, 0.3) is 21.1 Å². The van der Waals surface area contributed by atoms with Crippen LogP contribution < -0.4 is 5.32 Å². The van der Waals surface area contributed by atoms with Gasteiger partial charge in [0.2, 0.25) is 17.7 Å². The Balaban J connectivity index is 0.000000309. The van der Waals surface area contributed by atoms with E-state index in [1.807, 2.05) is 64.1 Å². The van der Waals surface area contributed by atoms with E-state index in [0.29, 0.717) is 52.7 Å². The van der Waals surface area contributed by atoms with E-state index in [4.69, 9.17) is 36.9 Å². The number of nitrogens with one attached hydrogen (secondary N) is 1. The summed E-state index contributed by atoms with van der Waals surface area (Å²) in [6.45, 7) is 48.6. The van der Waals surface area contributed by atoms with Gasteiger partial charge in [-0.15, -0.1) is 10.2 Å². The molecule has 0 saturated heterocycles. The Hall–Kier alpha value is -6.53. The Bertz CT molecular complexity index is 2870. The lowest BCUT2D eigenvalue weighted by atomic mass is 9.89. The molecular weight excluding hydrogens is 919 g/mol. The molecule has 5 aromatic rings. The molecule has 0 bridgehead atoms. The van der Waals surface area contributed by atoms with Gasteiger partial charge in [-0.05, 0) is 149 Å². The van der Waals surface area contributed by atoms with Crippen molar-refractivity contribution in [1.82, 2.24) is 15.5 Å². The summed E-state index contributed by atoms with van der Waals surface area (Å²) >= 11 is 0. The first-order valence-electron chi connectivity index (χ1n) is 24.0. The number of carbonyl (C=O) groups is 2. The van der Waals surface area contributed by atoms with Crippen molar-refractivity contribution in [2.45, 2.75) is 150 Å². The third kappa shape index (κ3) is 14.3. The SMILES string of the molecule is [C-]#[N+]c1ccc(C[C@@H](C(=O)NCC(=O)c2ccc(C#N)cc2)[C@H](C)O[Si](C)(C)C(C)(C)C)c(C)c1C.[C-]#[N+]c1ccc(C[C@@H](c2nnc(-c3ccc(C#N)cc3)o2)[C@H](C)O[Si](C)(C)C(C)(C)C)c(C)c1C. The summed E-state index contributed by atoms with van der Waals surface area (Å²) in [6.07, 6.45) is 0.592. The number of benzene rings is 4. The van der Waals surface area contributed by atoms with Crippen LogP contribution in [-0.4, -0.2) is 57.3 Å². The Kier molecular flexibility index (Phi) is 19.0. The minimum Gasteiger partial charge on any atom is -0.420 e. The first-order valence-corrected chi connectivity index (χ1v) is 29.8. The summed E-state index contributed by atoms with van der Waals surface area (Å²) < 4.78 is 19.6. The molecule has 1 N–H and O–H groups in total. The van der Waals surface area contributed by atoms with E-state index in [9.17, 15) is 9.59 Å². The zero-order valence-electron chi connectivity index (χ0n) is 44.6. The van der Waals surface area contributed by atoms with Crippen LogP contribution in [-0.2, 0) is 26.5 Å². The highest BCUT2D eigenvalue weighted by atomic mass is 28.4. The van der Waals surface area contributed by atoms with Crippen molar-refractivity contribution in [2.75, 3.05) is 6.54 Å². The number of hydrogen-bond donors (Lipinski definition) is 1. The molecule has 0 radical (unpaired) electrons. The molecule has 0 saturated carbocycles. The van der Waals surface area contributed by atoms with E-state index in [0.717, 1.165) is 38.9 Å². The van der Waals surface area contributed by atoms with Crippen LogP contribution in [0.2, 0.25) is 36.3 Å². The first kappa shape index (κ1) is 57.1. The maximum atomic E-state index is 13.5. The van der Waals surface area contributed by atoms with Crippen LogP contribution in [0.15, 0.2) is 77.2 Å². The molecule has 5 rings (SSSR count). The van der Waals surface area contributed by atoms with E-state index in [1.54, 1.807) is 42.5 Å². The molecule has 71 heavy (non-hydrogen) atoms. The normalized spacial score (nSPS) is 13.5. The van der Waals surface area contributed by atoms with Crippen molar-refractivity contribution in [1.29, 1.82) is 10.5 Å². The van der Waals surface area contributed by atoms with Crippen LogP contribution in [0.5, 0.6) is 0 Å². The average molecular weight is 990 g/mol. The number of aromatic nitrogens is 2. The van der Waals surface area contributed by atoms with Crippen LogP contribution in [0.3, 0.4) is 0 Å². The molecule has 0 unspecified atom stereocenters. The van der Waals surface area contributed by atoms with Gasteiger partial charge in [0.05, 0.1) is 67.0 Å². The van der Waals surface area contributed by atoms with Crippen molar-refractivity contribution in [3.63, 3.8) is 0 Å². The van der Waals surface area contributed by atoms with Gasteiger partial charge in [-0.3, -0.25) is 9.59 Å². The lowest BCUT2D eigenvalue weighted by molar-refractivity contribution is -0.127. The van der Waals surface area contributed by atoms with Crippen molar-refractivity contribution in [2.24, 2.45) is 5.92 Å². The molecule has 0 aliphatic rings. The second kappa shape index (κ2) is 23.6. The van der Waals surface area contributed by atoms with Gasteiger partial charge in [-0.25, -0.2) is 9.69 Å². The van der Waals surface area contributed by atoms with Crippen molar-refractivity contribution >= 4 is 39.7 Å². The summed E-state index contributed by atoms with van der Waals surface area (Å²) in [4.78, 5) is 33.4. The highest BCUT2D eigenvalue weighted by Gasteiger charge is 2.42. The maximum absolute atomic E-state index is 13.5. The molecule has 12 nitrogen and oxygen atoms in total. The molecule has 1 aromatic heterocycles. The lowest BCUT2D eigenvalue weighted by Crippen LogP contribution is -2.48. The summed E-state index contributed by atoms with van der Waals surface area (Å²) in [7, 11) is -4.20. The monoisotopic (exact) mass is 990 g/mol. The van der Waals surface area contributed by atoms with E-state index in [-0.39, 0.29) is 46.4 Å². The minimum absolute atomic E-state index is 0.0162. The van der Waals surface area contributed by atoms with Crippen LogP contribution in [0, 0.1) is 69.4 Å². The van der Waals surface area contributed by atoms with Crippen molar-refractivity contribution < 1.29 is 22.9 Å². The fraction of sp³-hybridized carbons (Fsp3) is 0.439. The van der Waals surface area contributed by atoms with Gasteiger partial charge >= 0.3 is 0 Å².